The van der Waals surface area contributed by atoms with Crippen LogP contribution in [0.15, 0.2) is 62.9 Å². The molecule has 38 heavy (non-hydrogen) atoms. The highest BCUT2D eigenvalue weighted by Crippen LogP contribution is 2.32. The van der Waals surface area contributed by atoms with Gasteiger partial charge in [0.05, 0.1) is 17.1 Å². The fourth-order valence-electron chi connectivity index (χ4n) is 5.74. The molecule has 0 amide bonds. The summed E-state index contributed by atoms with van der Waals surface area (Å²) in [4.78, 5) is 21.0. The van der Waals surface area contributed by atoms with Gasteiger partial charge < -0.3 is 9.47 Å². The first-order valence-electron chi connectivity index (χ1n) is 13.7. The molecule has 0 saturated heterocycles. The van der Waals surface area contributed by atoms with E-state index in [9.17, 15) is 4.79 Å². The summed E-state index contributed by atoms with van der Waals surface area (Å²) >= 11 is 3.50. The summed E-state index contributed by atoms with van der Waals surface area (Å²) in [7, 11) is 0. The predicted molar refractivity (Wildman–Crippen MR) is 161 cm³/mol. The first kappa shape index (κ1) is 26.4. The van der Waals surface area contributed by atoms with E-state index in [0.717, 1.165) is 77.2 Å². The minimum Gasteiger partial charge on any atom is -0.372 e. The van der Waals surface area contributed by atoms with E-state index < -0.39 is 0 Å². The van der Waals surface area contributed by atoms with E-state index in [0.29, 0.717) is 5.39 Å². The monoisotopic (exact) mass is 573 g/mol. The van der Waals surface area contributed by atoms with Gasteiger partial charge in [-0.05, 0) is 89.1 Å². The average molecular weight is 575 g/mol. The second kappa shape index (κ2) is 11.3. The number of aryl methyl sites for hydroxylation is 1. The van der Waals surface area contributed by atoms with Gasteiger partial charge in [0, 0.05) is 51.8 Å². The summed E-state index contributed by atoms with van der Waals surface area (Å²) in [6.45, 7) is 10.5. The number of hydrogen-bond acceptors (Lipinski definition) is 4. The van der Waals surface area contributed by atoms with E-state index in [1.54, 1.807) is 4.68 Å². The van der Waals surface area contributed by atoms with Crippen LogP contribution in [0.25, 0.3) is 16.6 Å². The molecule has 198 valence electrons. The van der Waals surface area contributed by atoms with Crippen LogP contribution in [-0.2, 0) is 0 Å². The normalized spacial score (nSPS) is 14.6. The van der Waals surface area contributed by atoms with E-state index in [2.05, 4.69) is 83.4 Å². The number of anilines is 1. The molecule has 2 aromatic carbocycles. The molecular weight excluding hydrogens is 538 g/mol. The van der Waals surface area contributed by atoms with Crippen molar-refractivity contribution >= 4 is 38.7 Å². The Bertz CT molecular complexity index is 1520. The molecule has 1 saturated carbocycles. The van der Waals surface area contributed by atoms with Crippen molar-refractivity contribution in [3.63, 3.8) is 0 Å². The third kappa shape index (κ3) is 5.08. The van der Waals surface area contributed by atoms with Crippen molar-refractivity contribution in [3.8, 4) is 5.69 Å². The third-order valence-electron chi connectivity index (χ3n) is 7.82. The van der Waals surface area contributed by atoms with E-state index >= 15 is 0 Å². The van der Waals surface area contributed by atoms with Crippen LogP contribution in [0, 0.1) is 13.8 Å². The fraction of sp³-hybridized carbons (Fsp3) is 0.387. The first-order chi connectivity index (χ1) is 18.4. The summed E-state index contributed by atoms with van der Waals surface area (Å²) in [6.07, 6.45) is 7.48. The first-order valence-corrected chi connectivity index (χ1v) is 14.5. The lowest BCUT2D eigenvalue weighted by atomic mass is 9.88. The molecule has 0 unspecified atom stereocenters. The number of fused-ring (bicyclic) bond motifs is 1. The zero-order valence-corrected chi connectivity index (χ0v) is 24.3. The van der Waals surface area contributed by atoms with Crippen molar-refractivity contribution < 1.29 is 0 Å². The maximum absolute atomic E-state index is 13.7. The van der Waals surface area contributed by atoms with Gasteiger partial charge in [-0.15, -0.1) is 0 Å². The molecule has 0 radical (unpaired) electrons. The Balaban J connectivity index is 1.54. The van der Waals surface area contributed by atoms with Gasteiger partial charge in [-0.2, -0.15) is 9.78 Å². The highest BCUT2D eigenvalue weighted by atomic mass is 79.9. The van der Waals surface area contributed by atoms with Gasteiger partial charge in [0.25, 0.3) is 5.56 Å². The Morgan fingerprint density at radius 2 is 1.74 bits per heavy atom. The van der Waals surface area contributed by atoms with Crippen LogP contribution in [0.5, 0.6) is 0 Å². The lowest BCUT2D eigenvalue weighted by molar-refractivity contribution is 0.416. The van der Waals surface area contributed by atoms with Gasteiger partial charge in [-0.3, -0.25) is 4.79 Å². The second-order valence-electron chi connectivity index (χ2n) is 10.2. The molecule has 2 heterocycles. The fourth-order valence-corrected chi connectivity index (χ4v) is 6.10. The zero-order chi connectivity index (χ0) is 26.8. The van der Waals surface area contributed by atoms with Gasteiger partial charge >= 0.3 is 0 Å². The Hall–Kier alpha value is -3.19. The molecule has 0 spiro atoms. The average Bonchev–Trinajstić information content (AvgIpc) is 3.22. The van der Waals surface area contributed by atoms with E-state index in [1.807, 2.05) is 24.4 Å². The van der Waals surface area contributed by atoms with Gasteiger partial charge in [-0.25, -0.2) is 4.98 Å². The minimum atomic E-state index is -0.117. The van der Waals surface area contributed by atoms with Crippen LogP contribution in [0.4, 0.5) is 5.69 Å². The molecule has 1 aliphatic rings. The number of nitrogens with zero attached hydrogens (tertiary/aromatic N) is 5. The van der Waals surface area contributed by atoms with Crippen LogP contribution in [0.3, 0.4) is 0 Å². The summed E-state index contributed by atoms with van der Waals surface area (Å²) < 4.78 is 4.66. The number of aromatic nitrogens is 3. The summed E-state index contributed by atoms with van der Waals surface area (Å²) in [5.74, 6) is 1.03. The number of hydrogen-bond donors (Lipinski definition) is 0. The lowest BCUT2D eigenvalue weighted by Crippen LogP contribution is -2.25. The largest absolute Gasteiger partial charge is 0.372 e. The van der Waals surface area contributed by atoms with Crippen LogP contribution in [0.1, 0.15) is 74.6 Å². The Kier molecular flexibility index (Phi) is 7.84. The van der Waals surface area contributed by atoms with E-state index in [4.69, 9.17) is 10.1 Å². The van der Waals surface area contributed by atoms with Crippen LogP contribution < -0.4 is 10.5 Å². The Morgan fingerprint density at radius 1 is 1.03 bits per heavy atom. The molecule has 0 bridgehead atoms. The topological polar surface area (TPSA) is 55.4 Å². The molecule has 7 heteroatoms. The minimum absolute atomic E-state index is 0.117. The molecule has 4 aromatic rings. The van der Waals surface area contributed by atoms with Crippen molar-refractivity contribution in [3.05, 3.63) is 86.1 Å². The van der Waals surface area contributed by atoms with Crippen molar-refractivity contribution in [2.75, 3.05) is 18.0 Å². The van der Waals surface area contributed by atoms with Crippen molar-refractivity contribution in [1.29, 1.82) is 0 Å². The second-order valence-corrected chi connectivity index (χ2v) is 11.1. The highest BCUT2D eigenvalue weighted by molar-refractivity contribution is 9.10. The van der Waals surface area contributed by atoms with Gasteiger partial charge in [-0.1, -0.05) is 35.2 Å². The van der Waals surface area contributed by atoms with Gasteiger partial charge in [0.1, 0.15) is 5.82 Å². The molecule has 1 aliphatic carbocycles. The quantitative estimate of drug-likeness (QED) is 0.217. The third-order valence-corrected chi connectivity index (χ3v) is 8.32. The molecule has 0 aliphatic heterocycles. The molecule has 1 fully saturated rings. The zero-order valence-electron chi connectivity index (χ0n) is 22.7. The molecular formula is C31H36BrN5O. The van der Waals surface area contributed by atoms with Crippen LogP contribution >= 0.6 is 15.9 Å². The molecule has 5 rings (SSSR count). The highest BCUT2D eigenvalue weighted by Gasteiger charge is 2.22. The van der Waals surface area contributed by atoms with E-state index in [1.165, 1.54) is 12.1 Å². The standard InChI is InChI=1S/C31H36BrN5O/c1-5-35(6-2)26-13-15-27(16-14-26)36-21(3)18-24(22(36)4)20-33-37-30(23-10-8-7-9-11-23)34-29-17-12-25(32)19-28(29)31(37)38/h12-20,23H,5-11H2,1-4H3. The summed E-state index contributed by atoms with van der Waals surface area (Å²) in [5.41, 5.74) is 6.17. The maximum Gasteiger partial charge on any atom is 0.282 e. The summed E-state index contributed by atoms with van der Waals surface area (Å²) in [5, 5.41) is 5.36. The number of rotatable bonds is 7. The molecule has 6 nitrogen and oxygen atoms in total. The van der Waals surface area contributed by atoms with Crippen molar-refractivity contribution in [2.45, 2.75) is 65.7 Å². The van der Waals surface area contributed by atoms with Crippen LogP contribution in [0.2, 0.25) is 0 Å². The predicted octanol–water partition coefficient (Wildman–Crippen LogP) is 7.34. The molecule has 0 atom stereocenters. The Labute approximate surface area is 233 Å². The summed E-state index contributed by atoms with van der Waals surface area (Å²) in [6, 6.07) is 16.5. The lowest BCUT2D eigenvalue weighted by Gasteiger charge is -2.22. The van der Waals surface area contributed by atoms with Crippen molar-refractivity contribution in [1.82, 2.24) is 14.2 Å². The number of benzene rings is 2. The van der Waals surface area contributed by atoms with Gasteiger partial charge in [0.2, 0.25) is 0 Å². The van der Waals surface area contributed by atoms with Crippen molar-refractivity contribution in [2.24, 2.45) is 5.10 Å². The molecule has 0 N–H and O–H groups in total. The van der Waals surface area contributed by atoms with Gasteiger partial charge in [0.15, 0.2) is 0 Å². The Morgan fingerprint density at radius 3 is 2.42 bits per heavy atom. The smallest absolute Gasteiger partial charge is 0.282 e. The number of halogens is 1. The maximum atomic E-state index is 13.7. The molecule has 2 aromatic heterocycles. The SMILES string of the molecule is CCN(CC)c1ccc(-n2c(C)cc(C=Nn3c(C4CCCCC4)nc4ccc(Br)cc4c3=O)c2C)cc1. The van der Waals surface area contributed by atoms with E-state index in [-0.39, 0.29) is 11.5 Å². The van der Waals surface area contributed by atoms with Crippen LogP contribution in [-0.4, -0.2) is 33.5 Å².